The van der Waals surface area contributed by atoms with Crippen LogP contribution in [0.3, 0.4) is 0 Å². The summed E-state index contributed by atoms with van der Waals surface area (Å²) in [7, 11) is -9.93. The van der Waals surface area contributed by atoms with Gasteiger partial charge in [0.05, 0.1) is 26.4 Å². The normalized spacial score (nSPS) is 14.1. The fourth-order valence-electron chi connectivity index (χ4n) is 13.7. The highest BCUT2D eigenvalue weighted by atomic mass is 31.2. The first kappa shape index (κ1) is 105. The zero-order chi connectivity index (χ0) is 78.6. The molecule has 0 radical (unpaired) electrons. The van der Waals surface area contributed by atoms with Crippen LogP contribution in [0.4, 0.5) is 0 Å². The number of rotatable bonds is 86. The van der Waals surface area contributed by atoms with Gasteiger partial charge in [0.15, 0.2) is 12.2 Å². The van der Waals surface area contributed by atoms with Crippen molar-refractivity contribution in [1.29, 1.82) is 0 Å². The van der Waals surface area contributed by atoms with Crippen molar-refractivity contribution < 1.29 is 80.2 Å². The third-order valence-electron chi connectivity index (χ3n) is 21.0. The Labute approximate surface area is 658 Å². The molecule has 0 aromatic carbocycles. The molecular formula is C88H172O17P2. The van der Waals surface area contributed by atoms with Crippen LogP contribution in [-0.2, 0) is 65.4 Å². The number of phosphoric acid groups is 2. The van der Waals surface area contributed by atoms with Gasteiger partial charge in [-0.2, -0.15) is 0 Å². The first-order valence-electron chi connectivity index (χ1n) is 45.4. The zero-order valence-electron chi connectivity index (χ0n) is 70.6. The highest BCUT2D eigenvalue weighted by Gasteiger charge is 2.31. The minimum absolute atomic E-state index is 0.108. The average molecular weight is 1560 g/mol. The molecule has 17 nitrogen and oxygen atoms in total. The summed E-state index contributed by atoms with van der Waals surface area (Å²) in [6, 6.07) is 0. The van der Waals surface area contributed by atoms with Gasteiger partial charge in [-0.25, -0.2) is 9.13 Å². The molecule has 0 amide bonds. The third-order valence-corrected chi connectivity index (χ3v) is 22.9. The van der Waals surface area contributed by atoms with Crippen molar-refractivity contribution in [1.82, 2.24) is 0 Å². The summed E-state index contributed by atoms with van der Waals surface area (Å²) in [6.07, 6.45) is 69.5. The first-order valence-corrected chi connectivity index (χ1v) is 48.4. The number of carbonyl (C=O) groups is 4. The molecule has 0 fully saturated rings. The van der Waals surface area contributed by atoms with Crippen LogP contribution in [0.2, 0.25) is 0 Å². The molecule has 0 aromatic heterocycles. The van der Waals surface area contributed by atoms with Gasteiger partial charge in [-0.3, -0.25) is 37.3 Å². The Hall–Kier alpha value is -1.94. The van der Waals surface area contributed by atoms with Gasteiger partial charge in [-0.15, -0.1) is 0 Å². The van der Waals surface area contributed by atoms with E-state index in [-0.39, 0.29) is 25.7 Å². The monoisotopic (exact) mass is 1560 g/mol. The van der Waals surface area contributed by atoms with Crippen molar-refractivity contribution in [3.05, 3.63) is 0 Å². The summed E-state index contributed by atoms with van der Waals surface area (Å²) in [6.45, 7) is 12.0. The molecule has 0 aromatic rings. The maximum absolute atomic E-state index is 13.2. The van der Waals surface area contributed by atoms with Crippen LogP contribution in [0.1, 0.15) is 466 Å². The summed E-state index contributed by atoms with van der Waals surface area (Å²) >= 11 is 0. The molecule has 19 heteroatoms. The molecule has 0 aliphatic carbocycles. The lowest BCUT2D eigenvalue weighted by atomic mass is 10.00. The molecule has 0 aliphatic rings. The average Bonchev–Trinajstić information content (AvgIpc) is 0.905. The molecule has 6 atom stereocenters. The van der Waals surface area contributed by atoms with Gasteiger partial charge in [0.1, 0.15) is 19.3 Å². The molecule has 0 saturated heterocycles. The van der Waals surface area contributed by atoms with Crippen LogP contribution in [-0.4, -0.2) is 96.7 Å². The number of hydrogen-bond acceptors (Lipinski definition) is 15. The van der Waals surface area contributed by atoms with Gasteiger partial charge in [-0.05, 0) is 43.4 Å². The standard InChI is InChI=1S/C88H172O17P2/c1-8-10-11-12-13-14-15-16-17-20-28-33-38-43-48-57-65-72-88(93)105-84(76-99-86(91)70-63-56-51-50-54-61-68-81(7)9-2)78-103-107(96,97)101-74-82(89)73-100-106(94,95)102-77-83(75-98-85(90)69-62-55-47-42-37-32-27-24-23-26-31-36-41-46-53-60-67-80(5)6)104-87(92)71-64-58-49-44-39-34-29-22-19-18-21-25-30-35-40-45-52-59-66-79(3)4/h79-84,89H,8-78H2,1-7H3,(H,94,95)(H,96,97)/t81?,82-,83-,84-/m1/s1. The fraction of sp³-hybridized carbons (Fsp3) is 0.955. The smallest absolute Gasteiger partial charge is 0.462 e. The van der Waals surface area contributed by atoms with Gasteiger partial charge in [0.2, 0.25) is 0 Å². The van der Waals surface area contributed by atoms with Crippen LogP contribution in [0.5, 0.6) is 0 Å². The van der Waals surface area contributed by atoms with E-state index < -0.39 is 97.5 Å². The second-order valence-electron chi connectivity index (χ2n) is 32.8. The molecule has 107 heavy (non-hydrogen) atoms. The number of esters is 4. The lowest BCUT2D eigenvalue weighted by Gasteiger charge is -2.21. The van der Waals surface area contributed by atoms with E-state index in [9.17, 15) is 43.2 Å². The molecule has 3 unspecified atom stereocenters. The van der Waals surface area contributed by atoms with Gasteiger partial charge in [-0.1, -0.05) is 414 Å². The Morgan fingerprint density at radius 2 is 0.477 bits per heavy atom. The highest BCUT2D eigenvalue weighted by Crippen LogP contribution is 2.45. The molecule has 0 spiro atoms. The summed E-state index contributed by atoms with van der Waals surface area (Å²) in [5.74, 6) is 0.261. The van der Waals surface area contributed by atoms with E-state index >= 15 is 0 Å². The van der Waals surface area contributed by atoms with Crippen LogP contribution in [0, 0.1) is 17.8 Å². The minimum atomic E-state index is -4.97. The predicted octanol–water partition coefficient (Wildman–Crippen LogP) is 26.9. The van der Waals surface area contributed by atoms with E-state index in [1.54, 1.807) is 0 Å². The van der Waals surface area contributed by atoms with E-state index in [0.717, 1.165) is 114 Å². The lowest BCUT2D eigenvalue weighted by Crippen LogP contribution is -2.30. The number of aliphatic hydroxyl groups excluding tert-OH is 1. The topological polar surface area (TPSA) is 237 Å². The van der Waals surface area contributed by atoms with Crippen molar-refractivity contribution in [3.8, 4) is 0 Å². The SMILES string of the molecule is CCCCCCCCCCCCCCCCCCCC(=O)O[C@H](COC(=O)CCCCCCCCC(C)CC)COP(=O)(O)OC[C@H](O)COP(=O)(O)OC[C@@H](COC(=O)CCCCCCCCCCCCCCCCCCC(C)C)OC(=O)CCCCCCCCCCCCCCCCCCCCC(C)C. The van der Waals surface area contributed by atoms with Crippen molar-refractivity contribution in [3.63, 3.8) is 0 Å². The number of phosphoric ester groups is 2. The van der Waals surface area contributed by atoms with Crippen molar-refractivity contribution in [2.24, 2.45) is 17.8 Å². The predicted molar refractivity (Wildman–Crippen MR) is 441 cm³/mol. The lowest BCUT2D eigenvalue weighted by molar-refractivity contribution is -0.161. The Morgan fingerprint density at radius 3 is 0.710 bits per heavy atom. The molecule has 0 rings (SSSR count). The number of unbranched alkanes of at least 4 members (excludes halogenated alkanes) is 53. The van der Waals surface area contributed by atoms with E-state index in [2.05, 4.69) is 48.5 Å². The van der Waals surface area contributed by atoms with E-state index in [1.807, 2.05) is 0 Å². The molecule has 0 heterocycles. The Balaban J connectivity index is 5.23. The number of hydrogen-bond donors (Lipinski definition) is 3. The Bertz CT molecular complexity index is 2060. The van der Waals surface area contributed by atoms with Gasteiger partial charge in [0.25, 0.3) is 0 Å². The Morgan fingerprint density at radius 1 is 0.271 bits per heavy atom. The molecule has 0 aliphatic heterocycles. The van der Waals surface area contributed by atoms with Crippen molar-refractivity contribution >= 4 is 39.5 Å². The second-order valence-corrected chi connectivity index (χ2v) is 35.7. The van der Waals surface area contributed by atoms with Gasteiger partial charge in [0, 0.05) is 25.7 Å². The summed E-state index contributed by atoms with van der Waals surface area (Å²) in [4.78, 5) is 73.3. The summed E-state index contributed by atoms with van der Waals surface area (Å²) in [5.41, 5.74) is 0. The fourth-order valence-corrected chi connectivity index (χ4v) is 15.3. The number of ether oxygens (including phenoxy) is 4. The third kappa shape index (κ3) is 80.5. The summed E-state index contributed by atoms with van der Waals surface area (Å²) < 4.78 is 69.0. The first-order chi connectivity index (χ1) is 51.8. The van der Waals surface area contributed by atoms with Crippen LogP contribution >= 0.6 is 15.6 Å². The molecule has 0 saturated carbocycles. The quantitative estimate of drug-likeness (QED) is 0.0222. The van der Waals surface area contributed by atoms with E-state index in [1.165, 1.54) is 270 Å². The molecular weight excluding hydrogens is 1390 g/mol. The van der Waals surface area contributed by atoms with Crippen LogP contribution < -0.4 is 0 Å². The Kier molecular flexibility index (Phi) is 76.6. The highest BCUT2D eigenvalue weighted by molar-refractivity contribution is 7.47. The zero-order valence-corrected chi connectivity index (χ0v) is 72.4. The molecule has 0 bridgehead atoms. The van der Waals surface area contributed by atoms with Crippen molar-refractivity contribution in [2.45, 2.75) is 484 Å². The number of aliphatic hydroxyl groups is 1. The van der Waals surface area contributed by atoms with Crippen LogP contribution in [0.25, 0.3) is 0 Å². The van der Waals surface area contributed by atoms with Gasteiger partial charge < -0.3 is 33.8 Å². The maximum Gasteiger partial charge on any atom is 0.472 e. The van der Waals surface area contributed by atoms with E-state index in [4.69, 9.17) is 37.0 Å². The summed E-state index contributed by atoms with van der Waals surface area (Å²) in [5, 5.41) is 10.7. The molecule has 636 valence electrons. The minimum Gasteiger partial charge on any atom is -0.462 e. The van der Waals surface area contributed by atoms with E-state index in [0.29, 0.717) is 25.7 Å². The second kappa shape index (κ2) is 78.0. The molecule has 3 N–H and O–H groups in total. The van der Waals surface area contributed by atoms with Crippen LogP contribution in [0.15, 0.2) is 0 Å². The van der Waals surface area contributed by atoms with Gasteiger partial charge >= 0.3 is 39.5 Å². The number of carbonyl (C=O) groups excluding carboxylic acids is 4. The van der Waals surface area contributed by atoms with Crippen molar-refractivity contribution in [2.75, 3.05) is 39.6 Å². The maximum atomic E-state index is 13.2. The largest absolute Gasteiger partial charge is 0.472 e.